The van der Waals surface area contributed by atoms with Gasteiger partial charge in [0.1, 0.15) is 11.5 Å². The zero-order valence-corrected chi connectivity index (χ0v) is 14.6. The number of carbonyl (C=O) groups is 2. The lowest BCUT2D eigenvalue weighted by molar-refractivity contribution is -0.152. The summed E-state index contributed by atoms with van der Waals surface area (Å²) < 4.78 is 11.5. The number of fused-ring (bicyclic) bond motifs is 1. The molecule has 25 heavy (non-hydrogen) atoms. The fraction of sp³-hybridized carbons (Fsp3) is 0.500. The average Bonchev–Trinajstić information content (AvgIpc) is 3.28. The van der Waals surface area contributed by atoms with Crippen molar-refractivity contribution in [1.29, 1.82) is 0 Å². The molecule has 1 spiro atoms. The van der Waals surface area contributed by atoms with Crippen LogP contribution in [0.4, 0.5) is 5.69 Å². The Kier molecular flexibility index (Phi) is 3.91. The van der Waals surface area contributed by atoms with Gasteiger partial charge in [0.15, 0.2) is 0 Å². The molecule has 2 saturated heterocycles. The molecule has 0 N–H and O–H groups in total. The molecule has 2 fully saturated rings. The number of aryl methyl sites for hydroxylation is 1. The van der Waals surface area contributed by atoms with E-state index in [2.05, 4.69) is 6.92 Å². The topological polar surface area (TPSA) is 55.8 Å². The highest BCUT2D eigenvalue weighted by molar-refractivity contribution is 6.03. The molecular weight excluding hydrogens is 318 g/mol. The Balaban J connectivity index is 1.67. The summed E-state index contributed by atoms with van der Waals surface area (Å²) in [6.07, 6.45) is 5.15. The summed E-state index contributed by atoms with van der Waals surface area (Å²) in [6.45, 7) is 4.86. The van der Waals surface area contributed by atoms with Gasteiger partial charge in [-0.1, -0.05) is 44.2 Å². The van der Waals surface area contributed by atoms with E-state index in [9.17, 15) is 9.59 Å². The van der Waals surface area contributed by atoms with Gasteiger partial charge in [-0.2, -0.15) is 0 Å². The molecule has 3 heterocycles. The van der Waals surface area contributed by atoms with Crippen LogP contribution < -0.4 is 4.90 Å². The van der Waals surface area contributed by atoms with Crippen LogP contribution in [0.5, 0.6) is 0 Å². The molecule has 1 aromatic carbocycles. The fourth-order valence-corrected chi connectivity index (χ4v) is 4.34. The van der Waals surface area contributed by atoms with Crippen molar-refractivity contribution >= 4 is 17.6 Å². The number of benzene rings is 1. The number of ether oxygens (including phenoxy) is 2. The third-order valence-electron chi connectivity index (χ3n) is 5.48. The lowest BCUT2D eigenvalue weighted by atomic mass is 9.77. The van der Waals surface area contributed by atoms with Crippen molar-refractivity contribution in [3.63, 3.8) is 0 Å². The Morgan fingerprint density at radius 2 is 2.16 bits per heavy atom. The monoisotopic (exact) mass is 341 g/mol. The second-order valence-corrected chi connectivity index (χ2v) is 6.97. The van der Waals surface area contributed by atoms with Gasteiger partial charge >= 0.3 is 5.97 Å². The Labute approximate surface area is 147 Å². The van der Waals surface area contributed by atoms with Crippen LogP contribution in [0.1, 0.15) is 25.8 Å². The van der Waals surface area contributed by atoms with Crippen molar-refractivity contribution in [2.24, 2.45) is 11.8 Å². The van der Waals surface area contributed by atoms with Crippen molar-refractivity contribution in [1.82, 2.24) is 0 Å². The van der Waals surface area contributed by atoms with E-state index in [4.69, 9.17) is 9.47 Å². The minimum atomic E-state index is -0.696. The summed E-state index contributed by atoms with van der Waals surface area (Å²) in [5.74, 6) is -1.38. The first kappa shape index (κ1) is 16.3. The fourth-order valence-electron chi connectivity index (χ4n) is 4.34. The van der Waals surface area contributed by atoms with Crippen LogP contribution in [0.2, 0.25) is 0 Å². The van der Waals surface area contributed by atoms with Gasteiger partial charge < -0.3 is 14.4 Å². The van der Waals surface area contributed by atoms with Crippen molar-refractivity contribution < 1.29 is 19.1 Å². The summed E-state index contributed by atoms with van der Waals surface area (Å²) in [5.41, 5.74) is 1.34. The van der Waals surface area contributed by atoms with Gasteiger partial charge in [-0.05, 0) is 24.5 Å². The van der Waals surface area contributed by atoms with Gasteiger partial charge in [0.25, 0.3) is 0 Å². The van der Waals surface area contributed by atoms with E-state index in [0.717, 1.165) is 24.1 Å². The number of esters is 1. The number of amides is 1. The predicted octanol–water partition coefficient (Wildman–Crippen LogP) is 2.49. The number of carbonyl (C=O) groups excluding carboxylic acids is 2. The van der Waals surface area contributed by atoms with Crippen molar-refractivity contribution in [3.05, 3.63) is 42.0 Å². The van der Waals surface area contributed by atoms with E-state index >= 15 is 0 Å². The molecule has 1 unspecified atom stereocenters. The van der Waals surface area contributed by atoms with E-state index in [1.165, 1.54) is 0 Å². The molecule has 1 aromatic rings. The van der Waals surface area contributed by atoms with Crippen LogP contribution >= 0.6 is 0 Å². The number of nitrogens with zero attached hydrogens (tertiary/aromatic N) is 1. The molecule has 0 saturated carbocycles. The zero-order valence-electron chi connectivity index (χ0n) is 14.6. The normalized spacial score (nSPS) is 32.3. The molecule has 3 aliphatic rings. The molecule has 1 amide bonds. The van der Waals surface area contributed by atoms with Crippen LogP contribution in [0.25, 0.3) is 0 Å². The quantitative estimate of drug-likeness (QED) is 0.610. The molecule has 2 bridgehead atoms. The Morgan fingerprint density at radius 1 is 1.36 bits per heavy atom. The highest BCUT2D eigenvalue weighted by Crippen LogP contribution is 2.53. The number of para-hydroxylation sites is 1. The second kappa shape index (κ2) is 5.99. The molecule has 0 aromatic heterocycles. The average molecular weight is 341 g/mol. The van der Waals surface area contributed by atoms with E-state index in [0.29, 0.717) is 13.2 Å². The lowest BCUT2D eigenvalue weighted by Gasteiger charge is -2.23. The van der Waals surface area contributed by atoms with Crippen LogP contribution in [0, 0.1) is 11.8 Å². The highest BCUT2D eigenvalue weighted by atomic mass is 16.6. The lowest BCUT2D eigenvalue weighted by Crippen LogP contribution is -2.40. The van der Waals surface area contributed by atoms with Crippen LogP contribution in [-0.2, 0) is 25.5 Å². The molecule has 5 heteroatoms. The number of hydrogen-bond acceptors (Lipinski definition) is 4. The highest BCUT2D eigenvalue weighted by Gasteiger charge is 2.67. The van der Waals surface area contributed by atoms with Crippen LogP contribution in [0.3, 0.4) is 0 Å². The maximum Gasteiger partial charge on any atom is 0.312 e. The first-order chi connectivity index (χ1) is 12.1. The van der Waals surface area contributed by atoms with Crippen molar-refractivity contribution in [2.45, 2.75) is 38.4 Å². The van der Waals surface area contributed by atoms with E-state index in [1.54, 1.807) is 4.90 Å². The molecule has 132 valence electrons. The molecule has 0 aliphatic carbocycles. The predicted molar refractivity (Wildman–Crippen MR) is 93.1 cm³/mol. The molecular formula is C20H23NO4. The Bertz CT molecular complexity index is 743. The van der Waals surface area contributed by atoms with Gasteiger partial charge in [0.2, 0.25) is 5.91 Å². The summed E-state index contributed by atoms with van der Waals surface area (Å²) in [7, 11) is 0. The van der Waals surface area contributed by atoms with Gasteiger partial charge in [0, 0.05) is 5.69 Å². The molecule has 5 nitrogen and oxygen atoms in total. The SMILES string of the molecule is CCCOC(=O)C1[C@H]2C(=O)N(c3ccccc3CC)C[C@]23C=C[C@H]1O3. The molecule has 0 radical (unpaired) electrons. The van der Waals surface area contributed by atoms with Gasteiger partial charge in [0.05, 0.1) is 25.2 Å². The second-order valence-electron chi connectivity index (χ2n) is 6.97. The standard InChI is InChI=1S/C20H23NO4/c1-3-11-24-19(23)16-15-9-10-20(25-15)12-21(18(22)17(16)20)14-8-6-5-7-13(14)4-2/h5-10,15-17H,3-4,11-12H2,1-2H3/t15-,16?,17+,20-/m1/s1. The number of rotatable bonds is 5. The third kappa shape index (κ3) is 2.33. The zero-order chi connectivity index (χ0) is 17.6. The van der Waals surface area contributed by atoms with Crippen LogP contribution in [0.15, 0.2) is 36.4 Å². The minimum Gasteiger partial charge on any atom is -0.465 e. The van der Waals surface area contributed by atoms with E-state index in [-0.39, 0.29) is 18.0 Å². The van der Waals surface area contributed by atoms with E-state index < -0.39 is 17.4 Å². The third-order valence-corrected chi connectivity index (χ3v) is 5.48. The maximum absolute atomic E-state index is 13.2. The van der Waals surface area contributed by atoms with Crippen molar-refractivity contribution in [2.75, 3.05) is 18.1 Å². The van der Waals surface area contributed by atoms with Gasteiger partial charge in [-0.3, -0.25) is 9.59 Å². The molecule has 4 rings (SSSR count). The first-order valence-electron chi connectivity index (χ1n) is 9.04. The number of anilines is 1. The van der Waals surface area contributed by atoms with Crippen LogP contribution in [-0.4, -0.2) is 36.7 Å². The largest absolute Gasteiger partial charge is 0.465 e. The number of hydrogen-bond donors (Lipinski definition) is 0. The first-order valence-corrected chi connectivity index (χ1v) is 9.04. The summed E-state index contributed by atoms with van der Waals surface area (Å²) in [6, 6.07) is 7.92. The summed E-state index contributed by atoms with van der Waals surface area (Å²) in [4.78, 5) is 27.6. The Morgan fingerprint density at radius 3 is 2.92 bits per heavy atom. The maximum atomic E-state index is 13.2. The summed E-state index contributed by atoms with van der Waals surface area (Å²) >= 11 is 0. The Hall–Kier alpha value is -2.14. The smallest absolute Gasteiger partial charge is 0.312 e. The van der Waals surface area contributed by atoms with Crippen molar-refractivity contribution in [3.8, 4) is 0 Å². The van der Waals surface area contributed by atoms with E-state index in [1.807, 2.05) is 43.3 Å². The summed E-state index contributed by atoms with van der Waals surface area (Å²) in [5, 5.41) is 0. The minimum absolute atomic E-state index is 0.0359. The van der Waals surface area contributed by atoms with Gasteiger partial charge in [-0.15, -0.1) is 0 Å². The molecule has 3 aliphatic heterocycles. The van der Waals surface area contributed by atoms with Gasteiger partial charge in [-0.25, -0.2) is 0 Å². The molecule has 4 atom stereocenters.